The van der Waals surface area contributed by atoms with Crippen molar-refractivity contribution in [2.75, 3.05) is 11.9 Å². The Bertz CT molecular complexity index is 420. The lowest BCUT2D eigenvalue weighted by molar-refractivity contribution is -0.112. The minimum Gasteiger partial charge on any atom is -0.311 e. The monoisotopic (exact) mass is 201 g/mol. The average Bonchev–Trinajstić information content (AvgIpc) is 2.51. The van der Waals surface area contributed by atoms with E-state index in [1.807, 2.05) is 37.4 Å². The molecule has 0 bridgehead atoms. The predicted molar refractivity (Wildman–Crippen MR) is 62.7 cm³/mol. The molecule has 2 nitrogen and oxygen atoms in total. The standard InChI is InChI=1S/C13H15NO/c1-3-4-7-11-10-8-5-6-9-12(10)14(2)13(11)15/h5-9H,3-4H2,1-2H3/b11-7+. The van der Waals surface area contributed by atoms with Crippen molar-refractivity contribution in [2.45, 2.75) is 19.8 Å². The number of hydrogen-bond acceptors (Lipinski definition) is 1. The molecule has 2 heteroatoms. The Balaban J connectivity index is 2.47. The molecule has 1 aromatic rings. The molecule has 1 aliphatic heterocycles. The molecule has 0 unspecified atom stereocenters. The van der Waals surface area contributed by atoms with E-state index in [0.717, 1.165) is 29.7 Å². The molecule has 0 saturated heterocycles. The summed E-state index contributed by atoms with van der Waals surface area (Å²) in [5.41, 5.74) is 2.94. The maximum absolute atomic E-state index is 11.9. The van der Waals surface area contributed by atoms with Crippen molar-refractivity contribution >= 4 is 17.2 Å². The summed E-state index contributed by atoms with van der Waals surface area (Å²) < 4.78 is 0. The predicted octanol–water partition coefficient (Wildman–Crippen LogP) is 2.85. The summed E-state index contributed by atoms with van der Waals surface area (Å²) in [5.74, 6) is 0.115. The van der Waals surface area contributed by atoms with Crippen LogP contribution in [0.1, 0.15) is 25.3 Å². The van der Waals surface area contributed by atoms with Crippen molar-refractivity contribution in [3.8, 4) is 0 Å². The highest BCUT2D eigenvalue weighted by molar-refractivity contribution is 6.32. The van der Waals surface area contributed by atoms with Crippen LogP contribution in [-0.4, -0.2) is 13.0 Å². The molecule has 1 aromatic carbocycles. The zero-order valence-electron chi connectivity index (χ0n) is 9.16. The van der Waals surface area contributed by atoms with E-state index in [2.05, 4.69) is 6.92 Å². The van der Waals surface area contributed by atoms with E-state index >= 15 is 0 Å². The second-order valence-electron chi connectivity index (χ2n) is 3.79. The number of fused-ring (bicyclic) bond motifs is 1. The van der Waals surface area contributed by atoms with Gasteiger partial charge in [0.25, 0.3) is 5.91 Å². The molecule has 0 saturated carbocycles. The highest BCUT2D eigenvalue weighted by atomic mass is 16.2. The zero-order valence-corrected chi connectivity index (χ0v) is 9.16. The molecular weight excluding hydrogens is 186 g/mol. The largest absolute Gasteiger partial charge is 0.311 e. The number of likely N-dealkylation sites (N-methyl/N-ethyl adjacent to an activating group) is 1. The number of carbonyl (C=O) groups excluding carboxylic acids is 1. The van der Waals surface area contributed by atoms with Crippen molar-refractivity contribution in [3.05, 3.63) is 35.9 Å². The van der Waals surface area contributed by atoms with Crippen LogP contribution in [0.25, 0.3) is 5.57 Å². The molecule has 1 amide bonds. The molecule has 0 radical (unpaired) electrons. The summed E-state index contributed by atoms with van der Waals surface area (Å²) in [6, 6.07) is 7.94. The van der Waals surface area contributed by atoms with Crippen molar-refractivity contribution in [1.82, 2.24) is 0 Å². The number of amides is 1. The van der Waals surface area contributed by atoms with Crippen LogP contribution in [-0.2, 0) is 4.79 Å². The Kier molecular flexibility index (Phi) is 2.58. The third kappa shape index (κ3) is 1.56. The van der Waals surface area contributed by atoms with Gasteiger partial charge >= 0.3 is 0 Å². The third-order valence-corrected chi connectivity index (χ3v) is 2.73. The molecule has 1 heterocycles. The van der Waals surface area contributed by atoms with Gasteiger partial charge in [-0.25, -0.2) is 0 Å². The van der Waals surface area contributed by atoms with Gasteiger partial charge in [-0.1, -0.05) is 37.6 Å². The first-order valence-electron chi connectivity index (χ1n) is 5.33. The molecule has 1 aliphatic rings. The van der Waals surface area contributed by atoms with E-state index in [-0.39, 0.29) is 5.91 Å². The van der Waals surface area contributed by atoms with E-state index in [0.29, 0.717) is 0 Å². The van der Waals surface area contributed by atoms with Gasteiger partial charge in [0.2, 0.25) is 0 Å². The van der Waals surface area contributed by atoms with E-state index in [9.17, 15) is 4.79 Å². The fourth-order valence-corrected chi connectivity index (χ4v) is 1.89. The van der Waals surface area contributed by atoms with Crippen LogP contribution in [0.4, 0.5) is 5.69 Å². The normalized spacial score (nSPS) is 17.3. The van der Waals surface area contributed by atoms with Crippen LogP contribution >= 0.6 is 0 Å². The quantitative estimate of drug-likeness (QED) is 0.674. The lowest BCUT2D eigenvalue weighted by atomic mass is 10.1. The smallest absolute Gasteiger partial charge is 0.258 e. The second-order valence-corrected chi connectivity index (χ2v) is 3.79. The molecular formula is C13H15NO. The molecule has 0 fully saturated rings. The number of benzene rings is 1. The van der Waals surface area contributed by atoms with Crippen LogP contribution in [0.2, 0.25) is 0 Å². The van der Waals surface area contributed by atoms with E-state index in [4.69, 9.17) is 0 Å². The van der Waals surface area contributed by atoms with Gasteiger partial charge in [-0.05, 0) is 12.5 Å². The van der Waals surface area contributed by atoms with Crippen LogP contribution in [0, 0.1) is 0 Å². The number of rotatable bonds is 2. The van der Waals surface area contributed by atoms with Gasteiger partial charge in [-0.15, -0.1) is 0 Å². The average molecular weight is 201 g/mol. The molecule has 15 heavy (non-hydrogen) atoms. The number of hydrogen-bond donors (Lipinski definition) is 0. The number of unbranched alkanes of at least 4 members (excludes halogenated alkanes) is 1. The van der Waals surface area contributed by atoms with Crippen molar-refractivity contribution in [1.29, 1.82) is 0 Å². The van der Waals surface area contributed by atoms with Gasteiger partial charge in [-0.2, -0.15) is 0 Å². The van der Waals surface area contributed by atoms with Crippen LogP contribution in [0.15, 0.2) is 30.3 Å². The van der Waals surface area contributed by atoms with Crippen LogP contribution in [0.3, 0.4) is 0 Å². The minimum atomic E-state index is 0.115. The molecule has 0 aliphatic carbocycles. The second kappa shape index (κ2) is 3.89. The lowest BCUT2D eigenvalue weighted by Gasteiger charge is -2.07. The summed E-state index contributed by atoms with van der Waals surface area (Å²) >= 11 is 0. The Morgan fingerprint density at radius 3 is 2.80 bits per heavy atom. The summed E-state index contributed by atoms with van der Waals surface area (Å²) in [7, 11) is 1.83. The van der Waals surface area contributed by atoms with E-state index in [1.54, 1.807) is 4.90 Å². The topological polar surface area (TPSA) is 20.3 Å². The van der Waals surface area contributed by atoms with E-state index in [1.165, 1.54) is 0 Å². The minimum absolute atomic E-state index is 0.115. The molecule has 0 aromatic heterocycles. The maximum Gasteiger partial charge on any atom is 0.258 e. The highest BCUT2D eigenvalue weighted by Gasteiger charge is 2.28. The fraction of sp³-hybridized carbons (Fsp3) is 0.308. The lowest BCUT2D eigenvalue weighted by Crippen LogP contribution is -2.20. The molecule has 0 atom stereocenters. The van der Waals surface area contributed by atoms with Crippen molar-refractivity contribution in [3.63, 3.8) is 0 Å². The van der Waals surface area contributed by atoms with Gasteiger partial charge in [0.15, 0.2) is 0 Å². The number of nitrogens with zero attached hydrogens (tertiary/aromatic N) is 1. The van der Waals surface area contributed by atoms with E-state index < -0.39 is 0 Å². The van der Waals surface area contributed by atoms with Gasteiger partial charge in [-0.3, -0.25) is 4.79 Å². The Labute approximate surface area is 90.2 Å². The van der Waals surface area contributed by atoms with Crippen LogP contribution < -0.4 is 4.90 Å². The SMILES string of the molecule is CCC/C=C1/C(=O)N(C)c2ccccc21. The number of anilines is 1. The number of carbonyl (C=O) groups is 1. The van der Waals surface area contributed by atoms with Gasteiger partial charge in [0.05, 0.1) is 5.69 Å². The molecule has 2 rings (SSSR count). The Hall–Kier alpha value is -1.57. The molecule has 0 spiro atoms. The zero-order chi connectivity index (χ0) is 10.8. The van der Waals surface area contributed by atoms with Gasteiger partial charge in [0, 0.05) is 18.2 Å². The first kappa shape index (κ1) is 9.97. The molecule has 78 valence electrons. The first-order chi connectivity index (χ1) is 7.25. The fourth-order valence-electron chi connectivity index (χ4n) is 1.89. The molecule has 0 N–H and O–H groups in total. The highest BCUT2D eigenvalue weighted by Crippen LogP contribution is 2.35. The number of allylic oxidation sites excluding steroid dienone is 1. The van der Waals surface area contributed by atoms with Gasteiger partial charge in [0.1, 0.15) is 0 Å². The Morgan fingerprint density at radius 2 is 2.07 bits per heavy atom. The summed E-state index contributed by atoms with van der Waals surface area (Å²) in [4.78, 5) is 13.6. The summed E-state index contributed by atoms with van der Waals surface area (Å²) in [6.07, 6.45) is 4.08. The van der Waals surface area contributed by atoms with Crippen molar-refractivity contribution in [2.24, 2.45) is 0 Å². The first-order valence-corrected chi connectivity index (χ1v) is 5.33. The summed E-state index contributed by atoms with van der Waals surface area (Å²) in [6.45, 7) is 2.12. The Morgan fingerprint density at radius 1 is 1.33 bits per heavy atom. The van der Waals surface area contributed by atoms with Gasteiger partial charge < -0.3 is 4.90 Å². The maximum atomic E-state index is 11.9. The van der Waals surface area contributed by atoms with Crippen molar-refractivity contribution < 1.29 is 4.79 Å². The van der Waals surface area contributed by atoms with Crippen LogP contribution in [0.5, 0.6) is 0 Å². The third-order valence-electron chi connectivity index (χ3n) is 2.73. The number of para-hydroxylation sites is 1. The summed E-state index contributed by atoms with van der Waals surface area (Å²) in [5, 5.41) is 0.